The van der Waals surface area contributed by atoms with Crippen LogP contribution in [0.15, 0.2) is 28.8 Å². The maximum Gasteiger partial charge on any atom is 0.232 e. The summed E-state index contributed by atoms with van der Waals surface area (Å²) in [6.45, 7) is 1.16. The van der Waals surface area contributed by atoms with Gasteiger partial charge >= 0.3 is 0 Å². The summed E-state index contributed by atoms with van der Waals surface area (Å²) < 4.78 is 10.6. The minimum atomic E-state index is -0.465. The fraction of sp³-hybridized carbons (Fsp3) is 0.526. The molecule has 2 aromatic rings. The molecule has 1 aliphatic heterocycles. The van der Waals surface area contributed by atoms with Crippen LogP contribution in [0.2, 0.25) is 0 Å². The highest BCUT2D eigenvalue weighted by Crippen LogP contribution is 2.36. The molecule has 0 bridgehead atoms. The highest BCUT2D eigenvalue weighted by atomic mass is 35.5. The minimum Gasteiger partial charge on any atom is -0.497 e. The molecular formula is C19H25ClN4O3. The summed E-state index contributed by atoms with van der Waals surface area (Å²) in [5, 5.41) is 4.11. The molecule has 1 saturated heterocycles. The molecule has 1 aliphatic carbocycles. The maximum atomic E-state index is 12.4. The number of carbonyl (C=O) groups is 1. The summed E-state index contributed by atoms with van der Waals surface area (Å²) >= 11 is 0. The molecule has 0 spiro atoms. The molecular weight excluding hydrogens is 368 g/mol. The SMILES string of the molecule is COc1ccc(CN2CC(c3nc(C4(N)CCCC4)no3)CC2=O)cc1.Cl. The summed E-state index contributed by atoms with van der Waals surface area (Å²) in [6.07, 6.45) is 4.36. The van der Waals surface area contributed by atoms with Gasteiger partial charge in [-0.1, -0.05) is 30.1 Å². The first-order valence-electron chi connectivity index (χ1n) is 9.11. The van der Waals surface area contributed by atoms with Crippen molar-refractivity contribution in [1.29, 1.82) is 0 Å². The number of ether oxygens (including phenoxy) is 1. The Labute approximate surface area is 164 Å². The second-order valence-corrected chi connectivity index (χ2v) is 7.34. The molecule has 8 heteroatoms. The Kier molecular flexibility index (Phi) is 5.72. The first kappa shape index (κ1) is 19.6. The molecule has 2 N–H and O–H groups in total. The first-order valence-corrected chi connectivity index (χ1v) is 9.11. The lowest BCUT2D eigenvalue weighted by molar-refractivity contribution is -0.128. The number of nitrogens with zero attached hydrogens (tertiary/aromatic N) is 3. The van der Waals surface area contributed by atoms with Crippen LogP contribution in [-0.2, 0) is 16.9 Å². The molecule has 1 aromatic heterocycles. The average molecular weight is 393 g/mol. The van der Waals surface area contributed by atoms with Crippen LogP contribution in [0, 0.1) is 0 Å². The molecule has 1 saturated carbocycles. The number of rotatable bonds is 5. The van der Waals surface area contributed by atoms with Gasteiger partial charge in [0, 0.05) is 19.5 Å². The molecule has 2 fully saturated rings. The second-order valence-electron chi connectivity index (χ2n) is 7.34. The van der Waals surface area contributed by atoms with Gasteiger partial charge in [0.1, 0.15) is 5.75 Å². The summed E-state index contributed by atoms with van der Waals surface area (Å²) in [7, 11) is 1.64. The number of benzene rings is 1. The van der Waals surface area contributed by atoms with E-state index in [1.54, 1.807) is 7.11 Å². The lowest BCUT2D eigenvalue weighted by atomic mass is 9.98. The predicted octanol–water partition coefficient (Wildman–Crippen LogP) is 2.74. The number of nitrogens with two attached hydrogens (primary N) is 1. The number of halogens is 1. The Morgan fingerprint density at radius 3 is 2.67 bits per heavy atom. The summed E-state index contributed by atoms with van der Waals surface area (Å²) in [4.78, 5) is 18.8. The van der Waals surface area contributed by atoms with Crippen molar-refractivity contribution in [3.05, 3.63) is 41.5 Å². The molecule has 0 radical (unpaired) electrons. The average Bonchev–Trinajstić information content (AvgIpc) is 3.37. The van der Waals surface area contributed by atoms with Crippen LogP contribution in [0.5, 0.6) is 5.75 Å². The Morgan fingerprint density at radius 2 is 2.00 bits per heavy atom. The smallest absolute Gasteiger partial charge is 0.232 e. The largest absolute Gasteiger partial charge is 0.497 e. The number of likely N-dealkylation sites (tertiary alicyclic amines) is 1. The molecule has 2 heterocycles. The van der Waals surface area contributed by atoms with Crippen molar-refractivity contribution in [2.75, 3.05) is 13.7 Å². The number of amides is 1. The third-order valence-corrected chi connectivity index (χ3v) is 5.48. The van der Waals surface area contributed by atoms with Crippen molar-refractivity contribution >= 4 is 18.3 Å². The van der Waals surface area contributed by atoms with Gasteiger partial charge in [-0.05, 0) is 30.5 Å². The van der Waals surface area contributed by atoms with Crippen LogP contribution in [0.3, 0.4) is 0 Å². The van der Waals surface area contributed by atoms with E-state index in [0.29, 0.717) is 31.2 Å². The zero-order valence-electron chi connectivity index (χ0n) is 15.4. The first-order chi connectivity index (χ1) is 12.6. The third-order valence-electron chi connectivity index (χ3n) is 5.48. The Bertz CT molecular complexity index is 787. The van der Waals surface area contributed by atoms with Crippen LogP contribution in [0.25, 0.3) is 0 Å². The van der Waals surface area contributed by atoms with Gasteiger partial charge in [0.2, 0.25) is 11.8 Å². The van der Waals surface area contributed by atoms with Crippen LogP contribution in [0.4, 0.5) is 0 Å². The zero-order chi connectivity index (χ0) is 18.1. The molecule has 7 nitrogen and oxygen atoms in total. The molecule has 1 atom stereocenters. The van der Waals surface area contributed by atoms with Crippen LogP contribution < -0.4 is 10.5 Å². The van der Waals surface area contributed by atoms with Crippen molar-refractivity contribution < 1.29 is 14.1 Å². The highest BCUT2D eigenvalue weighted by Gasteiger charge is 2.39. The monoisotopic (exact) mass is 392 g/mol. The van der Waals surface area contributed by atoms with E-state index >= 15 is 0 Å². The van der Waals surface area contributed by atoms with E-state index in [4.69, 9.17) is 15.0 Å². The molecule has 1 unspecified atom stereocenters. The molecule has 2 aliphatic rings. The molecule has 1 aromatic carbocycles. The Morgan fingerprint density at radius 1 is 1.30 bits per heavy atom. The van der Waals surface area contributed by atoms with Crippen LogP contribution in [0.1, 0.15) is 55.3 Å². The van der Waals surface area contributed by atoms with Crippen molar-refractivity contribution in [2.24, 2.45) is 5.73 Å². The van der Waals surface area contributed by atoms with Gasteiger partial charge in [-0.15, -0.1) is 12.4 Å². The summed E-state index contributed by atoms with van der Waals surface area (Å²) in [6, 6.07) is 7.75. The quantitative estimate of drug-likeness (QED) is 0.840. The van der Waals surface area contributed by atoms with Crippen LogP contribution >= 0.6 is 12.4 Å². The standard InChI is InChI=1S/C19H24N4O3.ClH/c1-25-15-6-4-13(5-7-15)11-23-12-14(10-16(23)24)17-21-18(22-26-17)19(20)8-2-3-9-19;/h4-7,14H,2-3,8-12,20H2,1H3;1H. The predicted molar refractivity (Wildman–Crippen MR) is 102 cm³/mol. The number of methoxy groups -OCH3 is 1. The fourth-order valence-corrected chi connectivity index (χ4v) is 3.87. The molecule has 27 heavy (non-hydrogen) atoms. The van der Waals surface area contributed by atoms with Crippen LogP contribution in [-0.4, -0.2) is 34.6 Å². The van der Waals surface area contributed by atoms with E-state index < -0.39 is 5.54 Å². The number of hydrogen-bond acceptors (Lipinski definition) is 6. The summed E-state index contributed by atoms with van der Waals surface area (Å²) in [5.41, 5.74) is 7.00. The molecule has 146 valence electrons. The van der Waals surface area contributed by atoms with Gasteiger partial charge < -0.3 is 19.9 Å². The van der Waals surface area contributed by atoms with E-state index in [2.05, 4.69) is 10.1 Å². The normalized spacial score (nSPS) is 21.3. The van der Waals surface area contributed by atoms with Crippen molar-refractivity contribution in [1.82, 2.24) is 15.0 Å². The highest BCUT2D eigenvalue weighted by molar-refractivity contribution is 5.85. The third kappa shape index (κ3) is 3.94. The summed E-state index contributed by atoms with van der Waals surface area (Å²) in [5.74, 6) is 1.97. The molecule has 1 amide bonds. The van der Waals surface area contributed by atoms with E-state index in [0.717, 1.165) is 37.0 Å². The van der Waals surface area contributed by atoms with Gasteiger partial charge in [-0.2, -0.15) is 4.98 Å². The Hall–Kier alpha value is -2.12. The van der Waals surface area contributed by atoms with E-state index in [1.807, 2.05) is 29.2 Å². The second kappa shape index (κ2) is 7.86. The lowest BCUT2D eigenvalue weighted by Crippen LogP contribution is -2.34. The van der Waals surface area contributed by atoms with E-state index in [-0.39, 0.29) is 24.2 Å². The van der Waals surface area contributed by atoms with Gasteiger partial charge in [0.05, 0.1) is 18.6 Å². The topological polar surface area (TPSA) is 94.5 Å². The molecule has 4 rings (SSSR count). The van der Waals surface area contributed by atoms with Crippen molar-refractivity contribution in [3.63, 3.8) is 0 Å². The van der Waals surface area contributed by atoms with Gasteiger partial charge in [0.25, 0.3) is 0 Å². The van der Waals surface area contributed by atoms with E-state index in [1.165, 1.54) is 0 Å². The number of carbonyl (C=O) groups excluding carboxylic acids is 1. The van der Waals surface area contributed by atoms with Gasteiger partial charge in [-0.25, -0.2) is 0 Å². The fourth-order valence-electron chi connectivity index (χ4n) is 3.87. The van der Waals surface area contributed by atoms with E-state index in [9.17, 15) is 4.79 Å². The maximum absolute atomic E-state index is 12.4. The number of aromatic nitrogens is 2. The minimum absolute atomic E-state index is 0. The van der Waals surface area contributed by atoms with Crippen molar-refractivity contribution in [3.8, 4) is 5.75 Å². The van der Waals surface area contributed by atoms with Gasteiger partial charge in [0.15, 0.2) is 5.82 Å². The Balaban J connectivity index is 0.00000210. The lowest BCUT2D eigenvalue weighted by Gasteiger charge is -2.18. The van der Waals surface area contributed by atoms with Gasteiger partial charge in [-0.3, -0.25) is 4.79 Å². The zero-order valence-corrected chi connectivity index (χ0v) is 16.2. The van der Waals surface area contributed by atoms with Crippen molar-refractivity contribution in [2.45, 2.75) is 50.1 Å². The number of hydrogen-bond donors (Lipinski definition) is 1.